The van der Waals surface area contributed by atoms with Crippen LogP contribution >= 0.6 is 0 Å². The molecule has 1 rings (SSSR count). The van der Waals surface area contributed by atoms with Crippen molar-refractivity contribution >= 4 is 0 Å². The van der Waals surface area contributed by atoms with E-state index in [9.17, 15) is 0 Å². The van der Waals surface area contributed by atoms with Gasteiger partial charge in [-0.05, 0) is 39.9 Å². The highest BCUT2D eigenvalue weighted by Crippen LogP contribution is 2.15. The molecule has 0 aromatic heterocycles. The molecule has 0 aromatic carbocycles. The van der Waals surface area contributed by atoms with Gasteiger partial charge in [-0.15, -0.1) is 0 Å². The van der Waals surface area contributed by atoms with Crippen LogP contribution in [0.1, 0.15) is 26.7 Å². The molecular formula is C11H24N2O. The van der Waals surface area contributed by atoms with E-state index >= 15 is 0 Å². The lowest BCUT2D eigenvalue weighted by atomic mass is 10.1. The number of hydrogen-bond acceptors (Lipinski definition) is 3. The zero-order valence-electron chi connectivity index (χ0n) is 9.74. The van der Waals surface area contributed by atoms with Crippen molar-refractivity contribution in [3.8, 4) is 0 Å². The van der Waals surface area contributed by atoms with Crippen LogP contribution in [-0.2, 0) is 0 Å². The second-order valence-electron chi connectivity index (χ2n) is 4.36. The fourth-order valence-electron chi connectivity index (χ4n) is 2.18. The molecule has 1 heterocycles. The standard InChI is InChI=1S/C11H24N2O/c1-4-13-7-5-10(2)12(3)11(9-13)6-8-14/h10-11,14H,4-9H2,1-3H3. The molecule has 1 fully saturated rings. The highest BCUT2D eigenvalue weighted by Gasteiger charge is 2.25. The topological polar surface area (TPSA) is 26.7 Å². The Morgan fingerprint density at radius 3 is 2.71 bits per heavy atom. The molecule has 2 atom stereocenters. The van der Waals surface area contributed by atoms with Gasteiger partial charge in [-0.3, -0.25) is 4.90 Å². The minimum Gasteiger partial charge on any atom is -0.396 e. The van der Waals surface area contributed by atoms with Crippen LogP contribution in [0.15, 0.2) is 0 Å². The van der Waals surface area contributed by atoms with E-state index in [1.165, 1.54) is 13.0 Å². The predicted molar refractivity (Wildman–Crippen MR) is 59.4 cm³/mol. The van der Waals surface area contributed by atoms with E-state index in [1.54, 1.807) is 0 Å². The van der Waals surface area contributed by atoms with Crippen molar-refractivity contribution in [2.45, 2.75) is 38.8 Å². The Hall–Kier alpha value is -0.120. The average Bonchev–Trinajstić information content (AvgIpc) is 2.32. The Balaban J connectivity index is 2.58. The van der Waals surface area contributed by atoms with E-state index in [-0.39, 0.29) is 0 Å². The van der Waals surface area contributed by atoms with Gasteiger partial charge < -0.3 is 10.0 Å². The lowest BCUT2D eigenvalue weighted by molar-refractivity contribution is 0.142. The third-order valence-corrected chi connectivity index (χ3v) is 3.51. The largest absolute Gasteiger partial charge is 0.396 e. The molecular weight excluding hydrogens is 176 g/mol. The van der Waals surface area contributed by atoms with Gasteiger partial charge in [-0.1, -0.05) is 6.92 Å². The average molecular weight is 200 g/mol. The summed E-state index contributed by atoms with van der Waals surface area (Å²) < 4.78 is 0. The summed E-state index contributed by atoms with van der Waals surface area (Å²) in [4.78, 5) is 4.91. The summed E-state index contributed by atoms with van der Waals surface area (Å²) >= 11 is 0. The monoisotopic (exact) mass is 200 g/mol. The van der Waals surface area contributed by atoms with Gasteiger partial charge in [0.05, 0.1) is 0 Å². The van der Waals surface area contributed by atoms with Gasteiger partial charge in [-0.2, -0.15) is 0 Å². The fraction of sp³-hybridized carbons (Fsp3) is 1.00. The van der Waals surface area contributed by atoms with Crippen LogP contribution in [-0.4, -0.2) is 60.3 Å². The van der Waals surface area contributed by atoms with Crippen molar-refractivity contribution in [2.24, 2.45) is 0 Å². The molecule has 0 aromatic rings. The summed E-state index contributed by atoms with van der Waals surface area (Å²) in [6.07, 6.45) is 2.14. The fourth-order valence-corrected chi connectivity index (χ4v) is 2.18. The maximum absolute atomic E-state index is 9.03. The molecule has 1 N–H and O–H groups in total. The molecule has 0 saturated carbocycles. The van der Waals surface area contributed by atoms with Crippen LogP contribution in [0.25, 0.3) is 0 Å². The van der Waals surface area contributed by atoms with Crippen molar-refractivity contribution in [1.82, 2.24) is 9.80 Å². The zero-order chi connectivity index (χ0) is 10.6. The molecule has 1 aliphatic heterocycles. The molecule has 0 radical (unpaired) electrons. The first kappa shape index (κ1) is 12.0. The van der Waals surface area contributed by atoms with Crippen LogP contribution in [0.4, 0.5) is 0 Å². The quantitative estimate of drug-likeness (QED) is 0.729. The summed E-state index contributed by atoms with van der Waals surface area (Å²) in [6, 6.07) is 1.17. The van der Waals surface area contributed by atoms with Gasteiger partial charge in [0.2, 0.25) is 0 Å². The Morgan fingerprint density at radius 2 is 2.14 bits per heavy atom. The van der Waals surface area contributed by atoms with E-state index < -0.39 is 0 Å². The summed E-state index contributed by atoms with van der Waals surface area (Å²) in [6.45, 7) is 8.24. The van der Waals surface area contributed by atoms with E-state index in [0.29, 0.717) is 18.7 Å². The number of aliphatic hydroxyl groups excluding tert-OH is 1. The molecule has 0 bridgehead atoms. The van der Waals surface area contributed by atoms with Gasteiger partial charge in [-0.25, -0.2) is 0 Å². The highest BCUT2D eigenvalue weighted by atomic mass is 16.3. The van der Waals surface area contributed by atoms with Crippen molar-refractivity contribution in [3.05, 3.63) is 0 Å². The first-order valence-corrected chi connectivity index (χ1v) is 5.74. The third-order valence-electron chi connectivity index (χ3n) is 3.51. The van der Waals surface area contributed by atoms with Gasteiger partial charge in [0, 0.05) is 25.2 Å². The van der Waals surface area contributed by atoms with Crippen molar-refractivity contribution in [1.29, 1.82) is 0 Å². The van der Waals surface area contributed by atoms with E-state index in [1.807, 2.05) is 0 Å². The lowest BCUT2D eigenvalue weighted by Gasteiger charge is -2.31. The molecule has 1 aliphatic rings. The molecule has 14 heavy (non-hydrogen) atoms. The predicted octanol–water partition coefficient (Wildman–Crippen LogP) is 0.783. The Morgan fingerprint density at radius 1 is 1.43 bits per heavy atom. The van der Waals surface area contributed by atoms with Crippen LogP contribution in [0.2, 0.25) is 0 Å². The van der Waals surface area contributed by atoms with Gasteiger partial charge in [0.25, 0.3) is 0 Å². The van der Waals surface area contributed by atoms with E-state index in [4.69, 9.17) is 5.11 Å². The number of aliphatic hydroxyl groups is 1. The second-order valence-corrected chi connectivity index (χ2v) is 4.36. The van der Waals surface area contributed by atoms with Crippen LogP contribution in [0, 0.1) is 0 Å². The lowest BCUT2D eigenvalue weighted by Crippen LogP contribution is -2.42. The molecule has 3 nitrogen and oxygen atoms in total. The number of nitrogens with zero attached hydrogens (tertiary/aromatic N) is 2. The van der Waals surface area contributed by atoms with Gasteiger partial charge >= 0.3 is 0 Å². The summed E-state index contributed by atoms with van der Waals surface area (Å²) in [5.41, 5.74) is 0. The second kappa shape index (κ2) is 5.69. The van der Waals surface area contributed by atoms with Crippen molar-refractivity contribution in [2.75, 3.05) is 33.3 Å². The Bertz CT molecular complexity index is 163. The summed E-state index contributed by atoms with van der Waals surface area (Å²) in [5.74, 6) is 0. The van der Waals surface area contributed by atoms with Crippen molar-refractivity contribution in [3.63, 3.8) is 0 Å². The molecule has 3 heteroatoms. The number of hydrogen-bond donors (Lipinski definition) is 1. The molecule has 2 unspecified atom stereocenters. The maximum atomic E-state index is 9.03. The highest BCUT2D eigenvalue weighted by molar-refractivity contribution is 4.81. The molecule has 0 spiro atoms. The molecule has 0 aliphatic carbocycles. The normalized spacial score (nSPS) is 31.7. The Labute approximate surface area is 87.7 Å². The smallest absolute Gasteiger partial charge is 0.0446 e. The zero-order valence-corrected chi connectivity index (χ0v) is 9.74. The SMILES string of the molecule is CCN1CCC(C)N(C)C(CCO)C1. The maximum Gasteiger partial charge on any atom is 0.0446 e. The van der Waals surface area contributed by atoms with Crippen LogP contribution < -0.4 is 0 Å². The van der Waals surface area contributed by atoms with Crippen molar-refractivity contribution < 1.29 is 5.11 Å². The molecule has 1 saturated heterocycles. The third kappa shape index (κ3) is 2.94. The van der Waals surface area contributed by atoms with Crippen LogP contribution in [0.5, 0.6) is 0 Å². The number of likely N-dealkylation sites (N-methyl/N-ethyl adjacent to an activating group) is 2. The Kier molecular flexibility index (Phi) is 4.85. The van der Waals surface area contributed by atoms with Crippen LogP contribution in [0.3, 0.4) is 0 Å². The first-order valence-electron chi connectivity index (χ1n) is 5.74. The number of rotatable bonds is 3. The van der Waals surface area contributed by atoms with E-state index in [2.05, 4.69) is 30.7 Å². The minimum atomic E-state index is 0.305. The minimum absolute atomic E-state index is 0.305. The molecule has 0 amide bonds. The summed E-state index contributed by atoms with van der Waals surface area (Å²) in [5, 5.41) is 9.03. The van der Waals surface area contributed by atoms with Gasteiger partial charge in [0.1, 0.15) is 0 Å². The first-order chi connectivity index (χ1) is 6.69. The summed E-state index contributed by atoms with van der Waals surface area (Å²) in [7, 11) is 2.18. The molecule has 84 valence electrons. The van der Waals surface area contributed by atoms with E-state index in [0.717, 1.165) is 19.5 Å². The van der Waals surface area contributed by atoms with Gasteiger partial charge in [0.15, 0.2) is 0 Å².